The lowest BCUT2D eigenvalue weighted by Gasteiger charge is -2.15. The van der Waals surface area contributed by atoms with Crippen LogP contribution in [0.4, 0.5) is 14.5 Å². The van der Waals surface area contributed by atoms with E-state index in [9.17, 15) is 13.9 Å². The monoisotopic (exact) mass is 269 g/mol. The van der Waals surface area contributed by atoms with Gasteiger partial charge in [-0.05, 0) is 36.4 Å². The molecule has 2 aromatic rings. The Morgan fingerprint density at radius 3 is 2.50 bits per heavy atom. The summed E-state index contributed by atoms with van der Waals surface area (Å²) in [6.45, 7) is 0. The van der Waals surface area contributed by atoms with E-state index in [1.807, 2.05) is 0 Å². The fourth-order valence-corrected chi connectivity index (χ4v) is 1.85. The zero-order valence-corrected chi connectivity index (χ0v) is 9.96. The minimum absolute atomic E-state index is 0.177. The maximum absolute atomic E-state index is 13.5. The minimum atomic E-state index is -1.36. The number of hydrogen-bond donors (Lipinski definition) is 2. The Morgan fingerprint density at radius 2 is 1.78 bits per heavy atom. The molecule has 94 valence electrons. The van der Waals surface area contributed by atoms with Crippen molar-refractivity contribution in [2.75, 3.05) is 5.73 Å². The molecule has 0 aliphatic carbocycles. The lowest BCUT2D eigenvalue weighted by molar-refractivity contribution is 0.215. The molecule has 3 N–H and O–H groups in total. The topological polar surface area (TPSA) is 46.2 Å². The number of aliphatic hydroxyl groups is 1. The first kappa shape index (κ1) is 12.8. The van der Waals surface area contributed by atoms with Crippen LogP contribution in [0.25, 0.3) is 0 Å². The summed E-state index contributed by atoms with van der Waals surface area (Å²) in [5, 5.41) is 10.4. The number of halogens is 3. The van der Waals surface area contributed by atoms with Crippen LogP contribution in [0.15, 0.2) is 36.4 Å². The summed E-state index contributed by atoms with van der Waals surface area (Å²) in [5.74, 6) is -1.34. The summed E-state index contributed by atoms with van der Waals surface area (Å²) in [4.78, 5) is 0. The largest absolute Gasteiger partial charge is 0.398 e. The predicted molar refractivity (Wildman–Crippen MR) is 66.3 cm³/mol. The van der Waals surface area contributed by atoms with Crippen molar-refractivity contribution < 1.29 is 13.9 Å². The number of nitrogen functional groups attached to an aromatic ring is 1. The van der Waals surface area contributed by atoms with Gasteiger partial charge in [-0.1, -0.05) is 11.6 Å². The molecule has 0 aromatic heterocycles. The fraction of sp³-hybridized carbons (Fsp3) is 0.0769. The lowest BCUT2D eigenvalue weighted by Crippen LogP contribution is -2.06. The number of nitrogens with two attached hydrogens (primary N) is 1. The van der Waals surface area contributed by atoms with E-state index in [1.54, 1.807) is 6.07 Å². The first-order valence-corrected chi connectivity index (χ1v) is 5.55. The first-order valence-electron chi connectivity index (χ1n) is 5.17. The van der Waals surface area contributed by atoms with E-state index in [0.29, 0.717) is 5.02 Å². The Balaban J connectivity index is 2.50. The molecule has 0 radical (unpaired) electrons. The number of benzene rings is 2. The molecule has 0 bridgehead atoms. The summed E-state index contributed by atoms with van der Waals surface area (Å²) in [6, 6.07) is 7.33. The van der Waals surface area contributed by atoms with Gasteiger partial charge in [0.05, 0.1) is 0 Å². The highest BCUT2D eigenvalue weighted by Gasteiger charge is 2.18. The van der Waals surface area contributed by atoms with Crippen molar-refractivity contribution in [3.63, 3.8) is 0 Å². The van der Waals surface area contributed by atoms with Gasteiger partial charge in [-0.3, -0.25) is 0 Å². The highest BCUT2D eigenvalue weighted by Crippen LogP contribution is 2.30. The van der Waals surface area contributed by atoms with Gasteiger partial charge < -0.3 is 10.8 Å². The van der Waals surface area contributed by atoms with Gasteiger partial charge in [-0.25, -0.2) is 8.78 Å². The van der Waals surface area contributed by atoms with Gasteiger partial charge in [0.1, 0.15) is 17.7 Å². The number of aliphatic hydroxyl groups excluding tert-OH is 1. The van der Waals surface area contributed by atoms with Crippen LogP contribution in [0.5, 0.6) is 0 Å². The maximum atomic E-state index is 13.5. The summed E-state index contributed by atoms with van der Waals surface area (Å²) in [6.07, 6.45) is -1.36. The SMILES string of the molecule is Nc1ccc(Cl)cc1C(O)c1cc(F)ccc1F. The predicted octanol–water partition coefficient (Wildman–Crippen LogP) is 3.28. The van der Waals surface area contributed by atoms with Crippen molar-refractivity contribution in [3.05, 3.63) is 64.2 Å². The van der Waals surface area contributed by atoms with Crippen molar-refractivity contribution in [1.29, 1.82) is 0 Å². The van der Waals surface area contributed by atoms with Crippen LogP contribution < -0.4 is 5.73 Å². The van der Waals surface area contributed by atoms with E-state index < -0.39 is 17.7 Å². The molecule has 1 unspecified atom stereocenters. The molecule has 0 spiro atoms. The molecule has 0 aliphatic rings. The summed E-state index contributed by atoms with van der Waals surface area (Å²) in [5.41, 5.74) is 6.01. The third kappa shape index (κ3) is 2.44. The molecule has 0 fully saturated rings. The van der Waals surface area contributed by atoms with E-state index in [0.717, 1.165) is 18.2 Å². The van der Waals surface area contributed by atoms with Crippen molar-refractivity contribution in [2.45, 2.75) is 6.10 Å². The summed E-state index contributed by atoms with van der Waals surface area (Å²) < 4.78 is 26.6. The average Bonchev–Trinajstić information content (AvgIpc) is 2.34. The molecular weight excluding hydrogens is 260 g/mol. The smallest absolute Gasteiger partial charge is 0.129 e. The van der Waals surface area contributed by atoms with Crippen LogP contribution in [0.3, 0.4) is 0 Å². The normalized spacial score (nSPS) is 12.4. The second-order valence-electron chi connectivity index (χ2n) is 3.84. The quantitative estimate of drug-likeness (QED) is 0.822. The highest BCUT2D eigenvalue weighted by molar-refractivity contribution is 6.30. The van der Waals surface area contributed by atoms with Gasteiger partial charge in [0.25, 0.3) is 0 Å². The zero-order chi connectivity index (χ0) is 13.3. The van der Waals surface area contributed by atoms with Crippen LogP contribution in [0.1, 0.15) is 17.2 Å². The molecule has 0 saturated carbocycles. The van der Waals surface area contributed by atoms with Gasteiger partial charge in [-0.2, -0.15) is 0 Å². The molecule has 1 atom stereocenters. The number of rotatable bonds is 2. The maximum Gasteiger partial charge on any atom is 0.129 e. The first-order chi connectivity index (χ1) is 8.49. The highest BCUT2D eigenvalue weighted by atomic mass is 35.5. The van der Waals surface area contributed by atoms with Crippen molar-refractivity contribution in [1.82, 2.24) is 0 Å². The molecule has 5 heteroatoms. The van der Waals surface area contributed by atoms with Gasteiger partial charge in [0.2, 0.25) is 0 Å². The van der Waals surface area contributed by atoms with Gasteiger partial charge in [0.15, 0.2) is 0 Å². The van der Waals surface area contributed by atoms with Crippen molar-refractivity contribution in [3.8, 4) is 0 Å². The minimum Gasteiger partial charge on any atom is -0.398 e. The average molecular weight is 270 g/mol. The van der Waals surface area contributed by atoms with Gasteiger partial charge in [0, 0.05) is 21.8 Å². The van der Waals surface area contributed by atoms with E-state index in [4.69, 9.17) is 17.3 Å². The summed E-state index contributed by atoms with van der Waals surface area (Å²) >= 11 is 5.78. The molecule has 0 aliphatic heterocycles. The van der Waals surface area contributed by atoms with E-state index in [-0.39, 0.29) is 16.8 Å². The van der Waals surface area contributed by atoms with E-state index in [2.05, 4.69) is 0 Å². The van der Waals surface area contributed by atoms with Crippen LogP contribution >= 0.6 is 11.6 Å². The molecule has 18 heavy (non-hydrogen) atoms. The zero-order valence-electron chi connectivity index (χ0n) is 9.20. The second-order valence-corrected chi connectivity index (χ2v) is 4.28. The lowest BCUT2D eigenvalue weighted by atomic mass is 9.99. The molecule has 0 amide bonds. The molecule has 2 aromatic carbocycles. The Bertz CT molecular complexity index is 538. The van der Waals surface area contributed by atoms with Gasteiger partial charge in [-0.15, -0.1) is 0 Å². The van der Waals surface area contributed by atoms with Crippen molar-refractivity contribution in [2.24, 2.45) is 0 Å². The standard InChI is InChI=1S/C13H10ClF2NO/c14-7-1-4-12(17)10(5-7)13(18)9-6-8(15)2-3-11(9)16/h1-6,13,18H,17H2. The number of anilines is 1. The summed E-state index contributed by atoms with van der Waals surface area (Å²) in [7, 11) is 0. The third-order valence-corrected chi connectivity index (χ3v) is 2.83. The fourth-order valence-electron chi connectivity index (χ4n) is 1.67. The van der Waals surface area contributed by atoms with E-state index in [1.165, 1.54) is 12.1 Å². The molecular formula is C13H10ClF2NO. The van der Waals surface area contributed by atoms with Crippen LogP contribution in [-0.4, -0.2) is 5.11 Å². The molecule has 0 heterocycles. The van der Waals surface area contributed by atoms with Crippen LogP contribution in [0.2, 0.25) is 5.02 Å². The Morgan fingerprint density at radius 1 is 1.06 bits per heavy atom. The van der Waals surface area contributed by atoms with Gasteiger partial charge >= 0.3 is 0 Å². The van der Waals surface area contributed by atoms with Crippen LogP contribution in [0, 0.1) is 11.6 Å². The third-order valence-electron chi connectivity index (χ3n) is 2.60. The Labute approximate surface area is 108 Å². The van der Waals surface area contributed by atoms with Crippen molar-refractivity contribution >= 4 is 17.3 Å². The number of hydrogen-bond acceptors (Lipinski definition) is 2. The molecule has 2 rings (SSSR count). The Kier molecular flexibility index (Phi) is 3.50. The second kappa shape index (κ2) is 4.92. The molecule has 2 nitrogen and oxygen atoms in total. The Hall–Kier alpha value is -1.65. The van der Waals surface area contributed by atoms with Crippen LogP contribution in [-0.2, 0) is 0 Å². The molecule has 0 saturated heterocycles. The van der Waals surface area contributed by atoms with E-state index >= 15 is 0 Å².